The number of hydrogen-bond acceptors (Lipinski definition) is 5. The van der Waals surface area contributed by atoms with Crippen LogP contribution in [0.3, 0.4) is 0 Å². The van der Waals surface area contributed by atoms with Gasteiger partial charge >= 0.3 is 0 Å². The molecular formula is C18H23N3O3S. The second-order valence-electron chi connectivity index (χ2n) is 7.89. The number of nitrogens with two attached hydrogens (primary N) is 1. The zero-order valence-electron chi connectivity index (χ0n) is 14.5. The molecule has 0 aliphatic heterocycles. The summed E-state index contributed by atoms with van der Waals surface area (Å²) < 4.78 is 28.4. The third-order valence-corrected chi connectivity index (χ3v) is 6.69. The maximum absolute atomic E-state index is 11.4. The van der Waals surface area contributed by atoms with Crippen LogP contribution >= 0.6 is 0 Å². The molecule has 2 aromatic rings. The fourth-order valence-electron chi connectivity index (χ4n) is 4.40. The highest BCUT2D eigenvalue weighted by molar-refractivity contribution is 7.89. The lowest BCUT2D eigenvalue weighted by molar-refractivity contribution is 0.364. The van der Waals surface area contributed by atoms with Crippen molar-refractivity contribution in [2.75, 3.05) is 0 Å². The molecule has 2 aromatic heterocycles. The molecule has 2 aliphatic carbocycles. The minimum absolute atomic E-state index is 0.0251. The Bertz CT molecular complexity index is 881. The zero-order valence-corrected chi connectivity index (χ0v) is 15.3. The second kappa shape index (κ2) is 5.64. The Morgan fingerprint density at radius 3 is 2.52 bits per heavy atom. The summed E-state index contributed by atoms with van der Waals surface area (Å²) in [6.07, 6.45) is 6.55. The Morgan fingerprint density at radius 2 is 1.92 bits per heavy atom. The number of hydrogen-bond donors (Lipinski definition) is 1. The van der Waals surface area contributed by atoms with Crippen molar-refractivity contribution in [3.63, 3.8) is 0 Å². The standard InChI is InChI=1S/C18H23N3O3S/c1-18(2)16(12-7-8-15(20-10-12)25(19,22)23)17(18)14-9-13(21-24-14)11-5-3-4-6-11/h7-11,16-17H,3-6H2,1-2H3,(H2,19,22,23)/t16-,17-/m0/s1. The van der Waals surface area contributed by atoms with Crippen molar-refractivity contribution in [3.8, 4) is 0 Å². The SMILES string of the molecule is CC1(C)[C@@H](c2ccc(S(N)(=O)=O)nc2)[C@@H]1c1cc(C2CCCC2)no1. The summed E-state index contributed by atoms with van der Waals surface area (Å²) in [4.78, 5) is 4.01. The zero-order chi connectivity index (χ0) is 17.8. The van der Waals surface area contributed by atoms with Crippen LogP contribution in [0.25, 0.3) is 0 Å². The molecule has 25 heavy (non-hydrogen) atoms. The molecule has 2 fully saturated rings. The molecule has 0 spiro atoms. The van der Waals surface area contributed by atoms with Crippen LogP contribution in [0.4, 0.5) is 0 Å². The van der Waals surface area contributed by atoms with E-state index in [2.05, 4.69) is 30.1 Å². The first kappa shape index (κ1) is 16.7. The van der Waals surface area contributed by atoms with Gasteiger partial charge in [-0.2, -0.15) is 0 Å². The predicted molar refractivity (Wildman–Crippen MR) is 92.6 cm³/mol. The first-order chi connectivity index (χ1) is 11.8. The molecule has 2 aliphatic rings. The van der Waals surface area contributed by atoms with Crippen molar-refractivity contribution in [2.24, 2.45) is 10.6 Å². The van der Waals surface area contributed by atoms with Gasteiger partial charge in [0, 0.05) is 30.0 Å². The van der Waals surface area contributed by atoms with Gasteiger partial charge in [-0.05, 0) is 29.9 Å². The van der Waals surface area contributed by atoms with Crippen LogP contribution < -0.4 is 5.14 Å². The van der Waals surface area contributed by atoms with E-state index >= 15 is 0 Å². The molecule has 2 atom stereocenters. The number of sulfonamides is 1. The third kappa shape index (κ3) is 2.89. The van der Waals surface area contributed by atoms with Crippen molar-refractivity contribution in [3.05, 3.63) is 41.4 Å². The molecule has 0 unspecified atom stereocenters. The molecule has 6 nitrogen and oxygen atoms in total. The third-order valence-electron chi connectivity index (χ3n) is 5.86. The van der Waals surface area contributed by atoms with Gasteiger partial charge < -0.3 is 4.52 Å². The smallest absolute Gasteiger partial charge is 0.255 e. The van der Waals surface area contributed by atoms with Gasteiger partial charge in [-0.1, -0.05) is 37.9 Å². The second-order valence-corrected chi connectivity index (χ2v) is 9.40. The summed E-state index contributed by atoms with van der Waals surface area (Å²) in [7, 11) is -3.77. The van der Waals surface area contributed by atoms with Gasteiger partial charge in [0.15, 0.2) is 5.03 Å². The summed E-state index contributed by atoms with van der Waals surface area (Å²) in [5.41, 5.74) is 2.11. The van der Waals surface area contributed by atoms with E-state index < -0.39 is 10.0 Å². The molecule has 2 saturated carbocycles. The average Bonchev–Trinajstić information content (AvgIpc) is 3.03. The van der Waals surface area contributed by atoms with Gasteiger partial charge in [-0.3, -0.25) is 0 Å². The first-order valence-electron chi connectivity index (χ1n) is 8.74. The first-order valence-corrected chi connectivity index (χ1v) is 10.3. The van der Waals surface area contributed by atoms with Gasteiger partial charge in [0.05, 0.1) is 5.69 Å². The quantitative estimate of drug-likeness (QED) is 0.901. The van der Waals surface area contributed by atoms with Crippen LogP contribution in [0.1, 0.15) is 74.3 Å². The monoisotopic (exact) mass is 361 g/mol. The van der Waals surface area contributed by atoms with Crippen LogP contribution in [0.2, 0.25) is 0 Å². The summed E-state index contributed by atoms with van der Waals surface area (Å²) in [5.74, 6) is 1.93. The Kier molecular flexibility index (Phi) is 3.77. The van der Waals surface area contributed by atoms with Crippen molar-refractivity contribution in [1.29, 1.82) is 0 Å². The number of primary sulfonamides is 1. The molecule has 0 bridgehead atoms. The van der Waals surface area contributed by atoms with E-state index in [1.165, 1.54) is 31.7 Å². The summed E-state index contributed by atoms with van der Waals surface area (Å²) in [6.45, 7) is 4.38. The molecule has 2 heterocycles. The van der Waals surface area contributed by atoms with Crippen molar-refractivity contribution in [1.82, 2.24) is 10.1 Å². The molecule has 0 radical (unpaired) electrons. The molecular weight excluding hydrogens is 338 g/mol. The summed E-state index contributed by atoms with van der Waals surface area (Å²) in [6, 6.07) is 5.39. The van der Waals surface area contributed by atoms with E-state index in [4.69, 9.17) is 9.66 Å². The van der Waals surface area contributed by atoms with Crippen molar-refractivity contribution in [2.45, 2.75) is 62.3 Å². The fourth-order valence-corrected chi connectivity index (χ4v) is 4.86. The Hall–Kier alpha value is -1.73. The summed E-state index contributed by atoms with van der Waals surface area (Å²) >= 11 is 0. The van der Waals surface area contributed by atoms with Gasteiger partial charge in [0.25, 0.3) is 10.0 Å². The van der Waals surface area contributed by atoms with E-state index in [1.807, 2.05) is 0 Å². The lowest BCUT2D eigenvalue weighted by atomic mass is 10.0. The van der Waals surface area contributed by atoms with Gasteiger partial charge in [0.1, 0.15) is 5.76 Å². The minimum atomic E-state index is -3.77. The summed E-state index contributed by atoms with van der Waals surface area (Å²) in [5, 5.41) is 9.33. The van der Waals surface area contributed by atoms with E-state index in [9.17, 15) is 8.42 Å². The van der Waals surface area contributed by atoms with Gasteiger partial charge in [-0.25, -0.2) is 18.5 Å². The topological polar surface area (TPSA) is 99.1 Å². The normalized spacial score (nSPS) is 26.0. The highest BCUT2D eigenvalue weighted by atomic mass is 32.2. The highest BCUT2D eigenvalue weighted by Crippen LogP contribution is 2.69. The highest BCUT2D eigenvalue weighted by Gasteiger charge is 2.61. The number of aromatic nitrogens is 2. The minimum Gasteiger partial charge on any atom is -0.361 e. The molecule has 0 saturated heterocycles. The van der Waals surface area contributed by atoms with Crippen molar-refractivity contribution < 1.29 is 12.9 Å². The molecule has 0 amide bonds. The van der Waals surface area contributed by atoms with Crippen LogP contribution in [-0.2, 0) is 10.0 Å². The van der Waals surface area contributed by atoms with Gasteiger partial charge in [-0.15, -0.1) is 0 Å². The van der Waals surface area contributed by atoms with Crippen LogP contribution in [0, 0.1) is 5.41 Å². The lowest BCUT2D eigenvalue weighted by Gasteiger charge is -2.03. The molecule has 134 valence electrons. The van der Waals surface area contributed by atoms with E-state index in [0.29, 0.717) is 5.92 Å². The molecule has 0 aromatic carbocycles. The van der Waals surface area contributed by atoms with E-state index in [-0.39, 0.29) is 22.3 Å². The Labute approximate surface area is 147 Å². The lowest BCUT2D eigenvalue weighted by Crippen LogP contribution is -2.13. The van der Waals surface area contributed by atoms with Crippen LogP contribution in [0.15, 0.2) is 33.9 Å². The number of nitrogens with zero attached hydrogens (tertiary/aromatic N) is 2. The largest absolute Gasteiger partial charge is 0.361 e. The maximum Gasteiger partial charge on any atom is 0.255 e. The van der Waals surface area contributed by atoms with Crippen molar-refractivity contribution >= 4 is 10.0 Å². The Balaban J connectivity index is 1.57. The molecule has 2 N–H and O–H groups in total. The Morgan fingerprint density at radius 1 is 1.20 bits per heavy atom. The maximum atomic E-state index is 11.4. The average molecular weight is 361 g/mol. The number of rotatable bonds is 4. The predicted octanol–water partition coefficient (Wildman–Crippen LogP) is 3.28. The van der Waals surface area contributed by atoms with E-state index in [1.54, 1.807) is 12.3 Å². The molecule has 7 heteroatoms. The van der Waals surface area contributed by atoms with Crippen LogP contribution in [-0.4, -0.2) is 18.6 Å². The van der Waals surface area contributed by atoms with Gasteiger partial charge in [0.2, 0.25) is 0 Å². The fraction of sp³-hybridized carbons (Fsp3) is 0.556. The molecule has 4 rings (SSSR count). The van der Waals surface area contributed by atoms with Crippen LogP contribution in [0.5, 0.6) is 0 Å². The van der Waals surface area contributed by atoms with E-state index in [0.717, 1.165) is 17.0 Å². The number of pyridine rings is 1.